The molecule has 0 unspecified atom stereocenters. The van der Waals surface area contributed by atoms with E-state index in [9.17, 15) is 10.1 Å². The molecule has 0 aliphatic carbocycles. The van der Waals surface area contributed by atoms with Crippen molar-refractivity contribution in [3.05, 3.63) is 62.8 Å². The number of ether oxygens (including phenoxy) is 1. The van der Waals surface area contributed by atoms with Crippen LogP contribution in [0.3, 0.4) is 0 Å². The van der Waals surface area contributed by atoms with Crippen LogP contribution in [-0.4, -0.2) is 17.0 Å². The van der Waals surface area contributed by atoms with Gasteiger partial charge in [-0.1, -0.05) is 11.6 Å². The maximum atomic E-state index is 10.8. The molecule has 2 rings (SSSR count). The van der Waals surface area contributed by atoms with Crippen LogP contribution in [0.1, 0.15) is 11.1 Å². The normalized spacial score (nSPS) is 10.4. The number of pyridine rings is 1. The van der Waals surface area contributed by atoms with E-state index in [1.54, 1.807) is 13.3 Å². The monoisotopic (exact) mass is 307 g/mol. The van der Waals surface area contributed by atoms with Gasteiger partial charge < -0.3 is 10.1 Å². The molecule has 1 aromatic carbocycles. The van der Waals surface area contributed by atoms with Gasteiger partial charge in [-0.15, -0.1) is 0 Å². The second kappa shape index (κ2) is 7.01. The van der Waals surface area contributed by atoms with Gasteiger partial charge in [0.2, 0.25) is 5.88 Å². The van der Waals surface area contributed by atoms with E-state index in [4.69, 9.17) is 16.3 Å². The van der Waals surface area contributed by atoms with Crippen LogP contribution in [0.5, 0.6) is 5.88 Å². The molecule has 21 heavy (non-hydrogen) atoms. The Morgan fingerprint density at radius 1 is 1.33 bits per heavy atom. The predicted octanol–water partition coefficient (Wildman–Crippen LogP) is 2.94. The number of nitrogens with one attached hydrogen (secondary N) is 1. The number of hydrogen-bond acceptors (Lipinski definition) is 5. The lowest BCUT2D eigenvalue weighted by molar-refractivity contribution is -0.384. The lowest BCUT2D eigenvalue weighted by Gasteiger charge is -2.07. The molecule has 2 aromatic rings. The molecule has 110 valence electrons. The summed E-state index contributed by atoms with van der Waals surface area (Å²) >= 11 is 6.04. The van der Waals surface area contributed by atoms with E-state index < -0.39 is 4.92 Å². The van der Waals surface area contributed by atoms with Crippen LogP contribution in [0.4, 0.5) is 5.69 Å². The summed E-state index contributed by atoms with van der Waals surface area (Å²) in [6, 6.07) is 8.08. The van der Waals surface area contributed by atoms with Crippen molar-refractivity contribution in [2.45, 2.75) is 13.1 Å². The number of aromatic nitrogens is 1. The molecule has 1 N–H and O–H groups in total. The number of methoxy groups -OCH3 is 1. The minimum atomic E-state index is -0.437. The lowest BCUT2D eigenvalue weighted by atomic mass is 10.2. The van der Waals surface area contributed by atoms with Gasteiger partial charge in [-0.2, -0.15) is 0 Å². The summed E-state index contributed by atoms with van der Waals surface area (Å²) in [7, 11) is 1.56. The second-order valence-corrected chi connectivity index (χ2v) is 4.75. The molecule has 7 heteroatoms. The number of hydrogen-bond donors (Lipinski definition) is 1. The highest BCUT2D eigenvalue weighted by molar-refractivity contribution is 6.31. The predicted molar refractivity (Wildman–Crippen MR) is 79.4 cm³/mol. The quantitative estimate of drug-likeness (QED) is 0.656. The van der Waals surface area contributed by atoms with Crippen LogP contribution < -0.4 is 10.1 Å². The highest BCUT2D eigenvalue weighted by Gasteiger charge is 2.09. The highest BCUT2D eigenvalue weighted by Crippen LogP contribution is 2.22. The fourth-order valence-corrected chi connectivity index (χ4v) is 2.01. The number of nitro benzene ring substituents is 1. The Balaban J connectivity index is 1.99. The smallest absolute Gasteiger partial charge is 0.269 e. The van der Waals surface area contributed by atoms with Gasteiger partial charge in [0, 0.05) is 42.5 Å². The number of nitrogens with zero attached hydrogens (tertiary/aromatic N) is 2. The van der Waals surface area contributed by atoms with E-state index in [1.807, 2.05) is 12.1 Å². The zero-order chi connectivity index (χ0) is 15.2. The summed E-state index contributed by atoms with van der Waals surface area (Å²) in [4.78, 5) is 14.3. The summed E-state index contributed by atoms with van der Waals surface area (Å²) in [5.41, 5.74) is 1.72. The average molecular weight is 308 g/mol. The maximum absolute atomic E-state index is 10.8. The molecule has 0 saturated carbocycles. The van der Waals surface area contributed by atoms with Crippen molar-refractivity contribution in [2.75, 3.05) is 7.11 Å². The van der Waals surface area contributed by atoms with E-state index in [2.05, 4.69) is 10.3 Å². The molecule has 0 amide bonds. The molecule has 0 aliphatic heterocycles. The largest absolute Gasteiger partial charge is 0.481 e. The van der Waals surface area contributed by atoms with Gasteiger partial charge in [0.1, 0.15) is 0 Å². The number of non-ortho nitro benzene ring substituents is 1. The molecule has 0 radical (unpaired) electrons. The Hall–Kier alpha value is -2.18. The van der Waals surface area contributed by atoms with Crippen molar-refractivity contribution in [1.29, 1.82) is 0 Å². The molecule has 0 spiro atoms. The van der Waals surface area contributed by atoms with Crippen LogP contribution in [-0.2, 0) is 13.1 Å². The van der Waals surface area contributed by atoms with Crippen molar-refractivity contribution >= 4 is 17.3 Å². The first-order chi connectivity index (χ1) is 10.1. The standard InChI is InChI=1S/C14H14ClN3O3/c1-21-14-6-10(4-5-17-14)8-16-9-11-7-12(18(19)20)2-3-13(11)15/h2-7,16H,8-9H2,1H3. The van der Waals surface area contributed by atoms with Gasteiger partial charge in [-0.25, -0.2) is 4.98 Å². The Bertz CT molecular complexity index is 649. The minimum absolute atomic E-state index is 0.0294. The van der Waals surface area contributed by atoms with E-state index in [0.717, 1.165) is 5.56 Å². The third-order valence-electron chi connectivity index (χ3n) is 2.89. The lowest BCUT2D eigenvalue weighted by Crippen LogP contribution is -2.13. The molecule has 0 fully saturated rings. The van der Waals surface area contributed by atoms with Gasteiger partial charge in [0.05, 0.1) is 12.0 Å². The number of benzene rings is 1. The molecule has 1 aromatic heterocycles. The maximum Gasteiger partial charge on any atom is 0.269 e. The summed E-state index contributed by atoms with van der Waals surface area (Å²) in [6.45, 7) is 1.02. The van der Waals surface area contributed by atoms with Crippen LogP contribution in [0, 0.1) is 10.1 Å². The first-order valence-electron chi connectivity index (χ1n) is 6.22. The molecule has 0 aliphatic rings. The molecule has 0 saturated heterocycles. The highest BCUT2D eigenvalue weighted by atomic mass is 35.5. The van der Waals surface area contributed by atoms with Crippen molar-refractivity contribution in [3.8, 4) is 5.88 Å². The Kier molecular flexibility index (Phi) is 5.08. The molecule has 6 nitrogen and oxygen atoms in total. The second-order valence-electron chi connectivity index (χ2n) is 4.34. The first-order valence-corrected chi connectivity index (χ1v) is 6.60. The fourth-order valence-electron chi connectivity index (χ4n) is 1.82. The van der Waals surface area contributed by atoms with Crippen LogP contribution in [0.25, 0.3) is 0 Å². The summed E-state index contributed by atoms with van der Waals surface area (Å²) in [5.74, 6) is 0.544. The van der Waals surface area contributed by atoms with Gasteiger partial charge in [-0.3, -0.25) is 10.1 Å². The minimum Gasteiger partial charge on any atom is -0.481 e. The molecular formula is C14H14ClN3O3. The van der Waals surface area contributed by atoms with Gasteiger partial charge >= 0.3 is 0 Å². The van der Waals surface area contributed by atoms with Crippen molar-refractivity contribution in [3.63, 3.8) is 0 Å². The summed E-state index contributed by atoms with van der Waals surface area (Å²) in [6.07, 6.45) is 1.66. The van der Waals surface area contributed by atoms with Gasteiger partial charge in [0.15, 0.2) is 0 Å². The third kappa shape index (κ3) is 4.14. The van der Waals surface area contributed by atoms with Crippen LogP contribution in [0.2, 0.25) is 5.02 Å². The third-order valence-corrected chi connectivity index (χ3v) is 3.26. The Labute approximate surface area is 126 Å². The molecular weight excluding hydrogens is 294 g/mol. The average Bonchev–Trinajstić information content (AvgIpc) is 2.49. The van der Waals surface area contributed by atoms with Crippen molar-refractivity contribution in [1.82, 2.24) is 10.3 Å². The Morgan fingerprint density at radius 3 is 2.86 bits per heavy atom. The van der Waals surface area contributed by atoms with E-state index in [0.29, 0.717) is 29.6 Å². The van der Waals surface area contributed by atoms with Gasteiger partial charge in [-0.05, 0) is 23.3 Å². The van der Waals surface area contributed by atoms with E-state index in [-0.39, 0.29) is 5.69 Å². The van der Waals surface area contributed by atoms with Crippen LogP contribution >= 0.6 is 11.6 Å². The van der Waals surface area contributed by atoms with Crippen molar-refractivity contribution < 1.29 is 9.66 Å². The van der Waals surface area contributed by atoms with Crippen molar-refractivity contribution in [2.24, 2.45) is 0 Å². The zero-order valence-electron chi connectivity index (χ0n) is 11.4. The summed E-state index contributed by atoms with van der Waals surface area (Å²) in [5, 5.41) is 14.4. The van der Waals surface area contributed by atoms with Gasteiger partial charge in [0.25, 0.3) is 5.69 Å². The summed E-state index contributed by atoms with van der Waals surface area (Å²) < 4.78 is 5.05. The zero-order valence-corrected chi connectivity index (χ0v) is 12.1. The number of nitro groups is 1. The van der Waals surface area contributed by atoms with E-state index in [1.165, 1.54) is 18.2 Å². The first kappa shape index (κ1) is 15.2. The number of rotatable bonds is 6. The molecule has 0 bridgehead atoms. The fraction of sp³-hybridized carbons (Fsp3) is 0.214. The molecule has 0 atom stereocenters. The molecule has 1 heterocycles. The topological polar surface area (TPSA) is 77.3 Å². The number of halogens is 1. The van der Waals surface area contributed by atoms with Crippen LogP contribution in [0.15, 0.2) is 36.5 Å². The Morgan fingerprint density at radius 2 is 2.14 bits per heavy atom. The SMILES string of the molecule is COc1cc(CNCc2cc([N+](=O)[O-])ccc2Cl)ccn1. The van der Waals surface area contributed by atoms with E-state index >= 15 is 0 Å².